The van der Waals surface area contributed by atoms with Gasteiger partial charge in [-0.3, -0.25) is 14.9 Å². The molecule has 0 aliphatic carbocycles. The molecular formula is C18H18N2O4. The highest BCUT2D eigenvalue weighted by Crippen LogP contribution is 2.26. The van der Waals surface area contributed by atoms with Gasteiger partial charge in [-0.2, -0.15) is 0 Å². The second kappa shape index (κ2) is 7.92. The van der Waals surface area contributed by atoms with Crippen molar-refractivity contribution in [1.82, 2.24) is 5.32 Å². The minimum absolute atomic E-state index is 0.584. The molecule has 0 fully saturated rings. The minimum Gasteiger partial charge on any atom is -0.452 e. The van der Waals surface area contributed by atoms with Crippen LogP contribution in [-0.2, 0) is 14.3 Å². The SMILES string of the molecule is C[C@@H](OC(=O)C(c1ccccc1)c1ccccc1)C(=O)NC(N)=O. The van der Waals surface area contributed by atoms with Gasteiger partial charge in [0, 0.05) is 0 Å². The molecule has 2 aromatic carbocycles. The minimum atomic E-state index is -1.14. The molecular weight excluding hydrogens is 308 g/mol. The molecule has 1 atom stereocenters. The monoisotopic (exact) mass is 326 g/mol. The van der Waals surface area contributed by atoms with E-state index in [1.54, 1.807) is 0 Å². The van der Waals surface area contributed by atoms with Crippen LogP contribution in [0.15, 0.2) is 60.7 Å². The third-order valence-electron chi connectivity index (χ3n) is 3.41. The Morgan fingerprint density at radius 3 is 1.79 bits per heavy atom. The first-order valence-corrected chi connectivity index (χ1v) is 7.39. The molecule has 124 valence electrons. The summed E-state index contributed by atoms with van der Waals surface area (Å²) in [6.45, 7) is 1.38. The number of carbonyl (C=O) groups excluding carboxylic acids is 3. The van der Waals surface area contributed by atoms with Crippen LogP contribution < -0.4 is 11.1 Å². The number of nitrogens with two attached hydrogens (primary N) is 1. The zero-order valence-electron chi connectivity index (χ0n) is 13.1. The molecule has 0 saturated heterocycles. The van der Waals surface area contributed by atoms with Gasteiger partial charge in [0.25, 0.3) is 5.91 Å². The summed E-state index contributed by atoms with van der Waals surface area (Å²) in [5.41, 5.74) is 6.39. The van der Waals surface area contributed by atoms with Gasteiger partial charge in [-0.15, -0.1) is 0 Å². The quantitative estimate of drug-likeness (QED) is 0.820. The Bertz CT molecular complexity index is 677. The Hall–Kier alpha value is -3.15. The molecule has 0 spiro atoms. The van der Waals surface area contributed by atoms with Crippen LogP contribution in [0.1, 0.15) is 24.0 Å². The zero-order valence-corrected chi connectivity index (χ0v) is 13.1. The predicted octanol–water partition coefficient (Wildman–Crippen LogP) is 1.95. The standard InChI is InChI=1S/C18H18N2O4/c1-12(16(21)20-18(19)23)24-17(22)15(13-8-4-2-5-9-13)14-10-6-3-7-11-14/h2-12,15H,1H3,(H3,19,20,21,23)/t12-/m1/s1. The van der Waals surface area contributed by atoms with E-state index in [2.05, 4.69) is 0 Å². The third-order valence-corrected chi connectivity index (χ3v) is 3.41. The van der Waals surface area contributed by atoms with Gasteiger partial charge in [0.1, 0.15) is 5.92 Å². The first-order valence-electron chi connectivity index (χ1n) is 7.39. The van der Waals surface area contributed by atoms with Crippen LogP contribution in [0.3, 0.4) is 0 Å². The van der Waals surface area contributed by atoms with Gasteiger partial charge in [-0.25, -0.2) is 4.79 Å². The average Bonchev–Trinajstić information content (AvgIpc) is 2.56. The molecule has 6 nitrogen and oxygen atoms in total. The predicted molar refractivity (Wildman–Crippen MR) is 88.0 cm³/mol. The van der Waals surface area contributed by atoms with Gasteiger partial charge < -0.3 is 10.5 Å². The van der Waals surface area contributed by atoms with Gasteiger partial charge in [0.2, 0.25) is 0 Å². The first-order chi connectivity index (χ1) is 11.5. The lowest BCUT2D eigenvalue weighted by molar-refractivity contribution is -0.155. The number of ether oxygens (including phenoxy) is 1. The Morgan fingerprint density at radius 1 is 0.917 bits per heavy atom. The molecule has 0 saturated carbocycles. The summed E-state index contributed by atoms with van der Waals surface area (Å²) in [4.78, 5) is 35.0. The summed E-state index contributed by atoms with van der Waals surface area (Å²) in [6.07, 6.45) is -1.14. The van der Waals surface area contributed by atoms with E-state index in [1.807, 2.05) is 66.0 Å². The number of hydrogen-bond acceptors (Lipinski definition) is 4. The summed E-state index contributed by atoms with van der Waals surface area (Å²) < 4.78 is 5.23. The Balaban J connectivity index is 2.23. The highest BCUT2D eigenvalue weighted by atomic mass is 16.5. The number of primary amides is 1. The smallest absolute Gasteiger partial charge is 0.318 e. The van der Waals surface area contributed by atoms with E-state index in [1.165, 1.54) is 6.92 Å². The van der Waals surface area contributed by atoms with Crippen LogP contribution in [0, 0.1) is 0 Å². The maximum atomic E-state index is 12.6. The maximum absolute atomic E-state index is 12.6. The van der Waals surface area contributed by atoms with Crippen molar-refractivity contribution in [2.75, 3.05) is 0 Å². The van der Waals surface area contributed by atoms with Crippen LogP contribution in [0.2, 0.25) is 0 Å². The van der Waals surface area contributed by atoms with Crippen molar-refractivity contribution < 1.29 is 19.1 Å². The molecule has 0 aliphatic heterocycles. The summed E-state index contributed by atoms with van der Waals surface area (Å²) in [7, 11) is 0. The lowest BCUT2D eigenvalue weighted by Gasteiger charge is -2.19. The third kappa shape index (κ3) is 4.42. The van der Waals surface area contributed by atoms with Crippen molar-refractivity contribution in [3.8, 4) is 0 Å². The number of rotatable bonds is 5. The second-order valence-electron chi connectivity index (χ2n) is 5.19. The van der Waals surface area contributed by atoms with Crippen LogP contribution >= 0.6 is 0 Å². The van der Waals surface area contributed by atoms with Crippen molar-refractivity contribution in [2.45, 2.75) is 18.9 Å². The fourth-order valence-corrected chi connectivity index (χ4v) is 2.27. The van der Waals surface area contributed by atoms with Crippen molar-refractivity contribution >= 4 is 17.9 Å². The molecule has 0 aromatic heterocycles. The molecule has 2 aromatic rings. The fraction of sp³-hybridized carbons (Fsp3) is 0.167. The molecule has 2 rings (SSSR count). The van der Waals surface area contributed by atoms with Gasteiger partial charge in [-0.05, 0) is 18.1 Å². The molecule has 0 aliphatic rings. The number of esters is 1. The molecule has 3 amide bonds. The Morgan fingerprint density at radius 2 is 1.38 bits per heavy atom. The molecule has 0 radical (unpaired) electrons. The average molecular weight is 326 g/mol. The summed E-state index contributed by atoms with van der Waals surface area (Å²) >= 11 is 0. The van der Waals surface area contributed by atoms with E-state index in [-0.39, 0.29) is 0 Å². The first kappa shape index (κ1) is 17.2. The summed E-state index contributed by atoms with van der Waals surface area (Å²) in [6, 6.07) is 17.2. The van der Waals surface area contributed by atoms with Gasteiger partial charge in [0.05, 0.1) is 0 Å². The zero-order chi connectivity index (χ0) is 17.5. The largest absolute Gasteiger partial charge is 0.452 e. The van der Waals surface area contributed by atoms with Crippen molar-refractivity contribution in [3.63, 3.8) is 0 Å². The number of carbonyl (C=O) groups is 3. The second-order valence-corrected chi connectivity index (χ2v) is 5.19. The van der Waals surface area contributed by atoms with Crippen molar-refractivity contribution in [3.05, 3.63) is 71.8 Å². The topological polar surface area (TPSA) is 98.5 Å². The van der Waals surface area contributed by atoms with Crippen molar-refractivity contribution in [2.24, 2.45) is 5.73 Å². The number of imide groups is 1. The van der Waals surface area contributed by atoms with E-state index in [4.69, 9.17) is 10.5 Å². The number of amides is 3. The lowest BCUT2D eigenvalue weighted by atomic mass is 9.91. The number of urea groups is 1. The van der Waals surface area contributed by atoms with Crippen LogP contribution in [-0.4, -0.2) is 24.0 Å². The Labute approximate surface area is 139 Å². The molecule has 0 heterocycles. The summed E-state index contributed by atoms with van der Waals surface area (Å²) in [5.74, 6) is -2.02. The van der Waals surface area contributed by atoms with E-state index in [0.717, 1.165) is 11.1 Å². The molecule has 3 N–H and O–H groups in total. The lowest BCUT2D eigenvalue weighted by Crippen LogP contribution is -2.42. The van der Waals surface area contributed by atoms with E-state index < -0.39 is 29.9 Å². The van der Waals surface area contributed by atoms with Gasteiger partial charge in [-0.1, -0.05) is 60.7 Å². The molecule has 24 heavy (non-hydrogen) atoms. The highest BCUT2D eigenvalue weighted by Gasteiger charge is 2.28. The van der Waals surface area contributed by atoms with Gasteiger partial charge >= 0.3 is 12.0 Å². The van der Waals surface area contributed by atoms with Crippen LogP contribution in [0.5, 0.6) is 0 Å². The van der Waals surface area contributed by atoms with E-state index >= 15 is 0 Å². The van der Waals surface area contributed by atoms with Crippen LogP contribution in [0.25, 0.3) is 0 Å². The molecule has 0 unspecified atom stereocenters. The number of benzene rings is 2. The van der Waals surface area contributed by atoms with E-state index in [0.29, 0.717) is 0 Å². The fourth-order valence-electron chi connectivity index (χ4n) is 2.27. The number of nitrogens with one attached hydrogen (secondary N) is 1. The summed E-state index contributed by atoms with van der Waals surface area (Å²) in [5, 5.41) is 1.89. The molecule has 0 bridgehead atoms. The maximum Gasteiger partial charge on any atom is 0.318 e. The van der Waals surface area contributed by atoms with E-state index in [9.17, 15) is 14.4 Å². The van der Waals surface area contributed by atoms with Crippen molar-refractivity contribution in [1.29, 1.82) is 0 Å². The Kier molecular flexibility index (Phi) is 5.68. The normalized spacial score (nSPS) is 11.6. The van der Waals surface area contributed by atoms with Gasteiger partial charge in [0.15, 0.2) is 6.10 Å². The van der Waals surface area contributed by atoms with Crippen LogP contribution in [0.4, 0.5) is 4.79 Å². The highest BCUT2D eigenvalue weighted by molar-refractivity contribution is 5.96. The molecule has 6 heteroatoms. The number of hydrogen-bond donors (Lipinski definition) is 2.